The summed E-state index contributed by atoms with van der Waals surface area (Å²) in [5.74, 6) is 0.282. The summed E-state index contributed by atoms with van der Waals surface area (Å²) < 4.78 is 0. The van der Waals surface area contributed by atoms with Gasteiger partial charge in [0.2, 0.25) is 0 Å². The van der Waals surface area contributed by atoms with Gasteiger partial charge in [0.25, 0.3) is 0 Å². The summed E-state index contributed by atoms with van der Waals surface area (Å²) in [6, 6.07) is 7.85. The van der Waals surface area contributed by atoms with Crippen molar-refractivity contribution in [3.05, 3.63) is 34.9 Å². The number of nitrogens with two attached hydrogens (primary N) is 1. The van der Waals surface area contributed by atoms with E-state index in [4.69, 9.17) is 22.5 Å². The van der Waals surface area contributed by atoms with Crippen molar-refractivity contribution in [1.82, 2.24) is 5.32 Å². The van der Waals surface area contributed by atoms with Crippen LogP contribution < -0.4 is 11.1 Å². The van der Waals surface area contributed by atoms with E-state index in [2.05, 4.69) is 10.5 Å². The third-order valence-electron chi connectivity index (χ3n) is 2.42. The zero-order valence-corrected chi connectivity index (χ0v) is 10.5. The molecule has 0 radical (unpaired) electrons. The number of oxime groups is 1. The van der Waals surface area contributed by atoms with Gasteiger partial charge in [-0.25, -0.2) is 0 Å². The molecule has 1 aromatic carbocycles. The molecule has 4 nitrogen and oxygen atoms in total. The maximum absolute atomic E-state index is 8.34. The van der Waals surface area contributed by atoms with E-state index in [0.29, 0.717) is 6.42 Å². The molecule has 4 N–H and O–H groups in total. The second-order valence-electron chi connectivity index (χ2n) is 3.82. The van der Waals surface area contributed by atoms with E-state index in [1.165, 1.54) is 5.56 Å². The van der Waals surface area contributed by atoms with E-state index in [9.17, 15) is 0 Å². The Morgan fingerprint density at radius 1 is 1.29 bits per heavy atom. The van der Waals surface area contributed by atoms with Gasteiger partial charge in [-0.15, -0.1) is 0 Å². The molecule has 94 valence electrons. The van der Waals surface area contributed by atoms with Gasteiger partial charge in [0, 0.05) is 11.4 Å². The van der Waals surface area contributed by atoms with E-state index in [1.807, 2.05) is 24.3 Å². The van der Waals surface area contributed by atoms with Gasteiger partial charge in [0.15, 0.2) is 0 Å². The lowest BCUT2D eigenvalue weighted by atomic mass is 10.1. The van der Waals surface area contributed by atoms with Crippen LogP contribution in [0.1, 0.15) is 18.4 Å². The fourth-order valence-electron chi connectivity index (χ4n) is 1.45. The van der Waals surface area contributed by atoms with Crippen LogP contribution in [0.2, 0.25) is 5.02 Å². The van der Waals surface area contributed by atoms with Crippen molar-refractivity contribution < 1.29 is 5.21 Å². The van der Waals surface area contributed by atoms with Crippen LogP contribution in [0.5, 0.6) is 0 Å². The van der Waals surface area contributed by atoms with Gasteiger partial charge < -0.3 is 16.3 Å². The third-order valence-corrected chi connectivity index (χ3v) is 2.67. The second kappa shape index (κ2) is 7.92. The molecule has 0 unspecified atom stereocenters. The monoisotopic (exact) mass is 255 g/mol. The molecular weight excluding hydrogens is 238 g/mol. The highest BCUT2D eigenvalue weighted by Crippen LogP contribution is 2.09. The van der Waals surface area contributed by atoms with Crippen LogP contribution in [0, 0.1) is 0 Å². The molecule has 0 amide bonds. The fourth-order valence-corrected chi connectivity index (χ4v) is 1.58. The summed E-state index contributed by atoms with van der Waals surface area (Å²) >= 11 is 5.80. The molecule has 1 aromatic rings. The van der Waals surface area contributed by atoms with Gasteiger partial charge in [-0.1, -0.05) is 28.9 Å². The molecule has 5 heteroatoms. The van der Waals surface area contributed by atoms with Crippen molar-refractivity contribution in [1.29, 1.82) is 0 Å². The Kier molecular flexibility index (Phi) is 6.43. The van der Waals surface area contributed by atoms with Gasteiger partial charge in [0.05, 0.1) is 0 Å². The first-order valence-electron chi connectivity index (χ1n) is 5.64. The van der Waals surface area contributed by atoms with Crippen molar-refractivity contribution in [2.45, 2.75) is 19.3 Å². The highest BCUT2D eigenvalue weighted by molar-refractivity contribution is 6.30. The molecule has 0 aromatic heterocycles. The summed E-state index contributed by atoms with van der Waals surface area (Å²) in [5, 5.41) is 15.3. The number of hydrogen-bond acceptors (Lipinski definition) is 3. The molecule has 0 aliphatic heterocycles. The Morgan fingerprint density at radius 2 is 2.00 bits per heavy atom. The Labute approximate surface area is 106 Å². The first-order chi connectivity index (χ1) is 8.22. The molecule has 0 aliphatic carbocycles. The largest absolute Gasteiger partial charge is 0.409 e. The standard InChI is InChI=1S/C12H18ClN3O/c13-11-5-3-10(4-6-11)7-9-15-8-1-2-12(14)16-17/h3-6,15,17H,1-2,7-9H2,(H2,14,16). The molecule has 0 spiro atoms. The van der Waals surface area contributed by atoms with Crippen molar-refractivity contribution >= 4 is 17.4 Å². The van der Waals surface area contributed by atoms with Gasteiger partial charge in [-0.3, -0.25) is 0 Å². The topological polar surface area (TPSA) is 70.6 Å². The van der Waals surface area contributed by atoms with E-state index < -0.39 is 0 Å². The molecule has 0 bridgehead atoms. The Hall–Kier alpha value is -1.26. The predicted molar refractivity (Wildman–Crippen MR) is 70.7 cm³/mol. The molecule has 0 saturated heterocycles. The Balaban J connectivity index is 2.06. The van der Waals surface area contributed by atoms with Gasteiger partial charge >= 0.3 is 0 Å². The first-order valence-corrected chi connectivity index (χ1v) is 6.01. The Bertz CT molecular complexity index is 351. The minimum Gasteiger partial charge on any atom is -0.409 e. The normalized spacial score (nSPS) is 11.7. The van der Waals surface area contributed by atoms with Crippen molar-refractivity contribution in [3.63, 3.8) is 0 Å². The minimum atomic E-state index is 0.282. The number of amidine groups is 1. The highest BCUT2D eigenvalue weighted by atomic mass is 35.5. The summed E-state index contributed by atoms with van der Waals surface area (Å²) in [6.07, 6.45) is 2.46. The van der Waals surface area contributed by atoms with E-state index in [-0.39, 0.29) is 5.84 Å². The van der Waals surface area contributed by atoms with Crippen LogP contribution in [0.3, 0.4) is 0 Å². The number of benzene rings is 1. The average molecular weight is 256 g/mol. The lowest BCUT2D eigenvalue weighted by Crippen LogP contribution is -2.20. The molecule has 0 atom stereocenters. The third kappa shape index (κ3) is 6.14. The molecule has 17 heavy (non-hydrogen) atoms. The van der Waals surface area contributed by atoms with Crippen LogP contribution in [0.15, 0.2) is 29.4 Å². The van der Waals surface area contributed by atoms with Crippen LogP contribution in [-0.4, -0.2) is 24.1 Å². The molecule has 1 rings (SSSR count). The van der Waals surface area contributed by atoms with Gasteiger partial charge in [-0.05, 0) is 43.6 Å². The van der Waals surface area contributed by atoms with Crippen LogP contribution in [0.4, 0.5) is 0 Å². The number of halogens is 1. The predicted octanol–water partition coefficient (Wildman–Crippen LogP) is 2.00. The second-order valence-corrected chi connectivity index (χ2v) is 4.26. The number of hydrogen-bond donors (Lipinski definition) is 3. The Morgan fingerprint density at radius 3 is 2.65 bits per heavy atom. The van der Waals surface area contributed by atoms with Crippen molar-refractivity contribution in [3.8, 4) is 0 Å². The molecule has 0 saturated carbocycles. The molecule has 0 fully saturated rings. The fraction of sp³-hybridized carbons (Fsp3) is 0.417. The molecular formula is C12H18ClN3O. The smallest absolute Gasteiger partial charge is 0.139 e. The summed E-state index contributed by atoms with van der Waals surface area (Å²) in [4.78, 5) is 0. The van der Waals surface area contributed by atoms with E-state index in [1.54, 1.807) is 0 Å². The zero-order valence-electron chi connectivity index (χ0n) is 9.69. The van der Waals surface area contributed by atoms with Gasteiger partial charge in [-0.2, -0.15) is 0 Å². The zero-order chi connectivity index (χ0) is 12.5. The number of nitrogens with zero attached hydrogens (tertiary/aromatic N) is 1. The first kappa shape index (κ1) is 13.8. The van der Waals surface area contributed by atoms with Crippen LogP contribution in [-0.2, 0) is 6.42 Å². The lowest BCUT2D eigenvalue weighted by molar-refractivity contribution is 0.316. The SMILES string of the molecule is NC(CCCNCCc1ccc(Cl)cc1)=NO. The molecule has 0 heterocycles. The lowest BCUT2D eigenvalue weighted by Gasteiger charge is -2.04. The van der Waals surface area contributed by atoms with Crippen LogP contribution >= 0.6 is 11.6 Å². The van der Waals surface area contributed by atoms with E-state index in [0.717, 1.165) is 31.0 Å². The summed E-state index contributed by atoms with van der Waals surface area (Å²) in [7, 11) is 0. The summed E-state index contributed by atoms with van der Waals surface area (Å²) in [6.45, 7) is 1.78. The average Bonchev–Trinajstić information content (AvgIpc) is 2.35. The highest BCUT2D eigenvalue weighted by Gasteiger charge is 1.95. The maximum atomic E-state index is 8.34. The van der Waals surface area contributed by atoms with Crippen molar-refractivity contribution in [2.75, 3.05) is 13.1 Å². The number of rotatable bonds is 7. The number of nitrogens with one attached hydrogen (secondary N) is 1. The van der Waals surface area contributed by atoms with Gasteiger partial charge in [0.1, 0.15) is 5.84 Å². The molecule has 0 aliphatic rings. The van der Waals surface area contributed by atoms with Crippen molar-refractivity contribution in [2.24, 2.45) is 10.9 Å². The summed E-state index contributed by atoms with van der Waals surface area (Å²) in [5.41, 5.74) is 6.61. The quantitative estimate of drug-likeness (QED) is 0.229. The van der Waals surface area contributed by atoms with Crippen LogP contribution in [0.25, 0.3) is 0 Å². The van der Waals surface area contributed by atoms with E-state index >= 15 is 0 Å². The maximum Gasteiger partial charge on any atom is 0.139 e. The minimum absolute atomic E-state index is 0.282.